The van der Waals surface area contributed by atoms with E-state index in [9.17, 15) is 18.0 Å². The Morgan fingerprint density at radius 2 is 1.75 bits per heavy atom. The third-order valence-electron chi connectivity index (χ3n) is 3.38. The molecule has 2 aromatic rings. The van der Waals surface area contributed by atoms with Crippen LogP contribution in [0.1, 0.15) is 11.1 Å². The van der Waals surface area contributed by atoms with Crippen molar-refractivity contribution in [2.45, 2.75) is 13.0 Å². The zero-order valence-corrected chi connectivity index (χ0v) is 15.1. The van der Waals surface area contributed by atoms with E-state index in [1.165, 1.54) is 36.0 Å². The second-order valence-corrected chi connectivity index (χ2v) is 6.50. The maximum Gasteiger partial charge on any atom is 0.573 e. The summed E-state index contributed by atoms with van der Waals surface area (Å²) in [5.41, 5.74) is 1.69. The summed E-state index contributed by atoms with van der Waals surface area (Å²) in [5, 5.41) is 10.9. The molecular weight excluding hydrogens is 395 g/mol. The highest BCUT2D eigenvalue weighted by molar-refractivity contribution is 8.15. The molecule has 146 valence electrons. The van der Waals surface area contributed by atoms with Crippen LogP contribution in [-0.2, 0) is 11.4 Å². The predicted octanol–water partition coefficient (Wildman–Crippen LogP) is 3.72. The number of carbonyl (C=O) groups is 1. The van der Waals surface area contributed by atoms with Crippen LogP contribution in [0.25, 0.3) is 0 Å². The molecule has 1 aliphatic rings. The number of rotatable bonds is 6. The van der Waals surface area contributed by atoms with Crippen molar-refractivity contribution in [1.82, 2.24) is 5.32 Å². The van der Waals surface area contributed by atoms with Gasteiger partial charge in [0.2, 0.25) is 5.91 Å². The van der Waals surface area contributed by atoms with E-state index in [4.69, 9.17) is 4.74 Å². The van der Waals surface area contributed by atoms with Crippen LogP contribution in [-0.4, -0.2) is 29.4 Å². The zero-order valence-electron chi connectivity index (χ0n) is 14.3. The van der Waals surface area contributed by atoms with Crippen molar-refractivity contribution in [2.24, 2.45) is 10.2 Å². The van der Waals surface area contributed by atoms with Gasteiger partial charge in [0.25, 0.3) is 0 Å². The van der Waals surface area contributed by atoms with Crippen LogP contribution in [0, 0.1) is 0 Å². The number of nitrogens with zero attached hydrogens (tertiary/aromatic N) is 2. The van der Waals surface area contributed by atoms with Gasteiger partial charge in [0.15, 0.2) is 5.17 Å². The number of hydrogen-bond donors (Lipinski definition) is 1. The summed E-state index contributed by atoms with van der Waals surface area (Å²) in [5.74, 6) is 0.377. The molecule has 10 heteroatoms. The van der Waals surface area contributed by atoms with E-state index < -0.39 is 6.36 Å². The number of hydrogen-bond acceptors (Lipinski definition) is 6. The second-order valence-electron chi connectivity index (χ2n) is 5.54. The van der Waals surface area contributed by atoms with Crippen molar-refractivity contribution >= 4 is 29.1 Å². The first kappa shape index (κ1) is 19.7. The molecular formula is C18H14F3N3O3S. The molecule has 0 bridgehead atoms. The molecule has 0 aromatic heterocycles. The van der Waals surface area contributed by atoms with E-state index in [0.717, 1.165) is 11.1 Å². The first-order valence-corrected chi connectivity index (χ1v) is 8.97. The number of thioether (sulfide) groups is 1. The lowest BCUT2D eigenvalue weighted by molar-refractivity contribution is -0.274. The number of ether oxygens (including phenoxy) is 2. The van der Waals surface area contributed by atoms with Gasteiger partial charge in [-0.2, -0.15) is 5.10 Å². The van der Waals surface area contributed by atoms with Crippen LogP contribution in [0.3, 0.4) is 0 Å². The van der Waals surface area contributed by atoms with Crippen molar-refractivity contribution < 1.29 is 27.4 Å². The number of amides is 1. The fourth-order valence-electron chi connectivity index (χ4n) is 2.13. The Bertz CT molecular complexity index is 882. The van der Waals surface area contributed by atoms with Crippen LogP contribution < -0.4 is 14.8 Å². The van der Waals surface area contributed by atoms with Gasteiger partial charge in [-0.3, -0.25) is 4.79 Å². The minimum atomic E-state index is -4.72. The standard InChI is InChI=1S/C18H14F3N3O3S/c19-18(20,21)27-15-7-5-14(6-8-15)26-10-13-3-1-12(2-4-13)9-22-24-17-23-16(25)11-28-17/h1-9H,10-11H2,(H,23,24,25). The Labute approximate surface area is 162 Å². The van der Waals surface area contributed by atoms with Crippen molar-refractivity contribution in [3.05, 3.63) is 59.7 Å². The average Bonchev–Trinajstić information content (AvgIpc) is 3.06. The van der Waals surface area contributed by atoms with Crippen molar-refractivity contribution in [3.63, 3.8) is 0 Å². The zero-order chi connectivity index (χ0) is 20.0. The number of amidine groups is 1. The lowest BCUT2D eigenvalue weighted by atomic mass is 10.1. The molecule has 0 atom stereocenters. The Balaban J connectivity index is 1.49. The molecule has 0 saturated carbocycles. The van der Waals surface area contributed by atoms with Crippen molar-refractivity contribution in [1.29, 1.82) is 0 Å². The highest BCUT2D eigenvalue weighted by Gasteiger charge is 2.30. The molecule has 1 aliphatic heterocycles. The first-order valence-electron chi connectivity index (χ1n) is 7.99. The van der Waals surface area contributed by atoms with Gasteiger partial charge in [0.1, 0.15) is 18.1 Å². The number of carbonyl (C=O) groups excluding carboxylic acids is 1. The van der Waals surface area contributed by atoms with E-state index in [1.54, 1.807) is 6.21 Å². The van der Waals surface area contributed by atoms with Gasteiger partial charge in [-0.15, -0.1) is 18.3 Å². The van der Waals surface area contributed by atoms with Gasteiger partial charge >= 0.3 is 6.36 Å². The third kappa shape index (κ3) is 6.31. The summed E-state index contributed by atoms with van der Waals surface area (Å²) >= 11 is 1.29. The normalized spacial score (nSPS) is 15.8. The summed E-state index contributed by atoms with van der Waals surface area (Å²) in [7, 11) is 0. The van der Waals surface area contributed by atoms with Crippen LogP contribution in [0.15, 0.2) is 58.7 Å². The van der Waals surface area contributed by atoms with Gasteiger partial charge in [-0.05, 0) is 35.4 Å². The average molecular weight is 409 g/mol. The topological polar surface area (TPSA) is 72.3 Å². The lowest BCUT2D eigenvalue weighted by Crippen LogP contribution is -2.19. The number of nitrogens with one attached hydrogen (secondary N) is 1. The van der Waals surface area contributed by atoms with Gasteiger partial charge in [-0.1, -0.05) is 36.0 Å². The Kier molecular flexibility index (Phi) is 6.19. The minimum Gasteiger partial charge on any atom is -0.489 e. The Hall–Kier alpha value is -3.01. The summed E-state index contributed by atoms with van der Waals surface area (Å²) in [4.78, 5) is 11.0. The maximum atomic E-state index is 12.1. The molecule has 6 nitrogen and oxygen atoms in total. The van der Waals surface area contributed by atoms with Gasteiger partial charge < -0.3 is 14.8 Å². The molecule has 1 saturated heterocycles. The minimum absolute atomic E-state index is 0.0918. The third-order valence-corrected chi connectivity index (χ3v) is 4.25. The van der Waals surface area contributed by atoms with Gasteiger partial charge in [0.05, 0.1) is 12.0 Å². The molecule has 0 radical (unpaired) electrons. The molecule has 1 fully saturated rings. The smallest absolute Gasteiger partial charge is 0.489 e. The predicted molar refractivity (Wildman–Crippen MR) is 99.5 cm³/mol. The summed E-state index contributed by atoms with van der Waals surface area (Å²) in [6.45, 7) is 0.252. The Morgan fingerprint density at radius 3 is 2.36 bits per heavy atom. The highest BCUT2D eigenvalue weighted by Crippen LogP contribution is 2.25. The maximum absolute atomic E-state index is 12.1. The molecule has 28 heavy (non-hydrogen) atoms. The van der Waals surface area contributed by atoms with Crippen LogP contribution in [0.4, 0.5) is 13.2 Å². The molecule has 1 heterocycles. The first-order chi connectivity index (χ1) is 13.4. The number of benzene rings is 2. The molecule has 2 aromatic carbocycles. The SMILES string of the molecule is O=C1CSC(=NN=Cc2ccc(COc3ccc(OC(F)(F)F)cc3)cc2)N1. The van der Waals surface area contributed by atoms with Gasteiger partial charge in [0, 0.05) is 0 Å². The highest BCUT2D eigenvalue weighted by atomic mass is 32.2. The van der Waals surface area contributed by atoms with E-state index >= 15 is 0 Å². The summed E-state index contributed by atoms with van der Waals surface area (Å²) in [6, 6.07) is 12.5. The van der Waals surface area contributed by atoms with Crippen molar-refractivity contribution in [3.8, 4) is 11.5 Å². The van der Waals surface area contributed by atoms with E-state index in [1.807, 2.05) is 24.3 Å². The summed E-state index contributed by atoms with van der Waals surface area (Å²) < 4.78 is 45.7. The largest absolute Gasteiger partial charge is 0.573 e. The quantitative estimate of drug-likeness (QED) is 0.583. The fourth-order valence-corrected chi connectivity index (χ4v) is 2.76. The van der Waals surface area contributed by atoms with E-state index in [2.05, 4.69) is 20.3 Å². The van der Waals surface area contributed by atoms with Crippen LogP contribution in [0.2, 0.25) is 0 Å². The molecule has 0 unspecified atom stereocenters. The summed E-state index contributed by atoms with van der Waals surface area (Å²) in [6.07, 6.45) is -3.16. The molecule has 1 N–H and O–H groups in total. The Morgan fingerprint density at radius 1 is 1.07 bits per heavy atom. The van der Waals surface area contributed by atoms with E-state index in [-0.39, 0.29) is 18.3 Å². The molecule has 0 spiro atoms. The van der Waals surface area contributed by atoms with Crippen molar-refractivity contribution in [2.75, 3.05) is 5.75 Å². The molecule has 1 amide bonds. The van der Waals surface area contributed by atoms with Gasteiger partial charge in [-0.25, -0.2) is 0 Å². The number of alkyl halides is 3. The van der Waals surface area contributed by atoms with E-state index in [0.29, 0.717) is 16.7 Å². The monoisotopic (exact) mass is 409 g/mol. The fraction of sp³-hybridized carbons (Fsp3) is 0.167. The molecule has 3 rings (SSSR count). The molecule has 0 aliphatic carbocycles. The van der Waals surface area contributed by atoms with Crippen LogP contribution in [0.5, 0.6) is 11.5 Å². The number of halogens is 3. The second kappa shape index (κ2) is 8.79. The lowest BCUT2D eigenvalue weighted by Gasteiger charge is -2.10. The van der Waals surface area contributed by atoms with Crippen LogP contribution >= 0.6 is 11.8 Å².